The summed E-state index contributed by atoms with van der Waals surface area (Å²) in [7, 11) is 0. The molecular weight excluding hydrogens is 296 g/mol. The molecule has 1 spiro atoms. The van der Waals surface area contributed by atoms with E-state index < -0.39 is 0 Å². The van der Waals surface area contributed by atoms with Gasteiger partial charge in [0.05, 0.1) is 0 Å². The van der Waals surface area contributed by atoms with Gasteiger partial charge in [0.1, 0.15) is 12.1 Å². The highest BCUT2D eigenvalue weighted by Crippen LogP contribution is 2.39. The van der Waals surface area contributed by atoms with Gasteiger partial charge < -0.3 is 4.90 Å². The zero-order valence-corrected chi connectivity index (χ0v) is 14.3. The Bertz CT molecular complexity index is 641. The Kier molecular flexibility index (Phi) is 4.48. The molecule has 1 atom stereocenters. The third kappa shape index (κ3) is 3.44. The maximum atomic E-state index is 4.47. The lowest BCUT2D eigenvalue weighted by atomic mass is 9.73. The first-order valence-electron chi connectivity index (χ1n) is 9.10. The van der Waals surface area contributed by atoms with E-state index in [2.05, 4.69) is 50.1 Å². The summed E-state index contributed by atoms with van der Waals surface area (Å²) in [5.74, 6) is 1.09. The van der Waals surface area contributed by atoms with Gasteiger partial charge in [-0.2, -0.15) is 0 Å². The number of likely N-dealkylation sites (tertiary alicyclic amines) is 1. The number of piperidine rings is 2. The Hall–Kier alpha value is -1.94. The standard InChI is InChI=1S/C20H26N4/c1-2-6-18(7-3-1)14-23-12-4-9-20(15-23)10-5-13-24(16-20)19-8-11-21-17-22-19/h1-3,6-8,11,17H,4-5,9-10,12-16H2. The van der Waals surface area contributed by atoms with E-state index in [9.17, 15) is 0 Å². The fourth-order valence-corrected chi connectivity index (χ4v) is 4.49. The molecule has 0 N–H and O–H groups in total. The van der Waals surface area contributed by atoms with Gasteiger partial charge >= 0.3 is 0 Å². The first kappa shape index (κ1) is 15.6. The summed E-state index contributed by atoms with van der Waals surface area (Å²) in [5.41, 5.74) is 1.86. The predicted octanol–water partition coefficient (Wildman–Crippen LogP) is 3.36. The lowest BCUT2D eigenvalue weighted by Gasteiger charge is -2.49. The van der Waals surface area contributed by atoms with E-state index in [0.717, 1.165) is 25.5 Å². The first-order valence-corrected chi connectivity index (χ1v) is 9.10. The second-order valence-electron chi connectivity index (χ2n) is 7.39. The normalized spacial score (nSPS) is 25.1. The van der Waals surface area contributed by atoms with Crippen molar-refractivity contribution in [1.82, 2.24) is 14.9 Å². The molecule has 1 aromatic heterocycles. The van der Waals surface area contributed by atoms with E-state index in [1.54, 1.807) is 6.33 Å². The van der Waals surface area contributed by atoms with Crippen molar-refractivity contribution < 1.29 is 0 Å². The molecule has 0 radical (unpaired) electrons. The number of nitrogens with zero attached hydrogens (tertiary/aromatic N) is 4. The minimum atomic E-state index is 0.427. The van der Waals surface area contributed by atoms with Crippen LogP contribution in [0.15, 0.2) is 48.9 Å². The van der Waals surface area contributed by atoms with E-state index in [0.29, 0.717) is 5.41 Å². The monoisotopic (exact) mass is 322 g/mol. The van der Waals surface area contributed by atoms with Gasteiger partial charge in [-0.15, -0.1) is 0 Å². The predicted molar refractivity (Wildman–Crippen MR) is 96.9 cm³/mol. The van der Waals surface area contributed by atoms with Crippen LogP contribution in [0.1, 0.15) is 31.2 Å². The zero-order valence-electron chi connectivity index (χ0n) is 14.3. The second kappa shape index (κ2) is 6.89. The molecule has 1 unspecified atom stereocenters. The Morgan fingerprint density at radius 1 is 0.958 bits per heavy atom. The Morgan fingerprint density at radius 2 is 1.79 bits per heavy atom. The van der Waals surface area contributed by atoms with Crippen molar-refractivity contribution in [3.63, 3.8) is 0 Å². The minimum absolute atomic E-state index is 0.427. The molecule has 2 aliphatic heterocycles. The molecule has 2 aromatic rings. The van der Waals surface area contributed by atoms with E-state index in [-0.39, 0.29) is 0 Å². The lowest BCUT2D eigenvalue weighted by molar-refractivity contribution is 0.0683. The van der Waals surface area contributed by atoms with Crippen LogP contribution < -0.4 is 4.90 Å². The molecule has 0 bridgehead atoms. The molecule has 4 rings (SSSR count). The second-order valence-corrected chi connectivity index (χ2v) is 7.39. The number of benzene rings is 1. The SMILES string of the molecule is c1ccc(CN2CCCC3(CCCN(c4ccncn4)C3)C2)cc1. The molecule has 24 heavy (non-hydrogen) atoms. The quantitative estimate of drug-likeness (QED) is 0.867. The number of hydrogen-bond donors (Lipinski definition) is 0. The third-order valence-electron chi connectivity index (χ3n) is 5.54. The third-order valence-corrected chi connectivity index (χ3v) is 5.54. The number of anilines is 1. The van der Waals surface area contributed by atoms with Crippen molar-refractivity contribution in [3.8, 4) is 0 Å². The Labute approximate surface area is 144 Å². The van der Waals surface area contributed by atoms with Crippen LogP contribution in [0.3, 0.4) is 0 Å². The smallest absolute Gasteiger partial charge is 0.131 e. The van der Waals surface area contributed by atoms with Crippen molar-refractivity contribution in [2.75, 3.05) is 31.1 Å². The van der Waals surface area contributed by atoms with Gasteiger partial charge in [-0.1, -0.05) is 30.3 Å². The molecule has 0 aliphatic carbocycles. The van der Waals surface area contributed by atoms with E-state index in [1.807, 2.05) is 12.3 Å². The Morgan fingerprint density at radius 3 is 2.58 bits per heavy atom. The largest absolute Gasteiger partial charge is 0.356 e. The molecule has 2 fully saturated rings. The average molecular weight is 322 g/mol. The number of hydrogen-bond acceptors (Lipinski definition) is 4. The van der Waals surface area contributed by atoms with Crippen molar-refractivity contribution in [3.05, 3.63) is 54.5 Å². The fourth-order valence-electron chi connectivity index (χ4n) is 4.49. The van der Waals surface area contributed by atoms with Crippen molar-refractivity contribution in [1.29, 1.82) is 0 Å². The van der Waals surface area contributed by atoms with Gasteiger partial charge in [0.25, 0.3) is 0 Å². The molecule has 2 saturated heterocycles. The summed E-state index contributed by atoms with van der Waals surface area (Å²) < 4.78 is 0. The molecule has 2 aliphatic rings. The van der Waals surface area contributed by atoms with Crippen LogP contribution in [0.5, 0.6) is 0 Å². The van der Waals surface area contributed by atoms with Crippen LogP contribution in [0.4, 0.5) is 5.82 Å². The molecule has 0 saturated carbocycles. The Balaban J connectivity index is 1.45. The van der Waals surface area contributed by atoms with Gasteiger partial charge in [0.2, 0.25) is 0 Å². The van der Waals surface area contributed by atoms with Gasteiger partial charge in [-0.05, 0) is 43.9 Å². The molecule has 1 aromatic carbocycles. The van der Waals surface area contributed by atoms with Crippen LogP contribution in [0.25, 0.3) is 0 Å². The minimum Gasteiger partial charge on any atom is -0.356 e. The highest BCUT2D eigenvalue weighted by Gasteiger charge is 2.39. The van der Waals surface area contributed by atoms with Crippen LogP contribution in [-0.4, -0.2) is 41.0 Å². The van der Waals surface area contributed by atoms with Crippen molar-refractivity contribution >= 4 is 5.82 Å². The van der Waals surface area contributed by atoms with E-state index >= 15 is 0 Å². The summed E-state index contributed by atoms with van der Waals surface area (Å²) in [4.78, 5) is 13.7. The summed E-state index contributed by atoms with van der Waals surface area (Å²) in [5, 5.41) is 0. The average Bonchev–Trinajstić information content (AvgIpc) is 2.63. The molecule has 0 amide bonds. The van der Waals surface area contributed by atoms with Crippen LogP contribution >= 0.6 is 0 Å². The first-order chi connectivity index (χ1) is 11.8. The van der Waals surface area contributed by atoms with Gasteiger partial charge in [0.15, 0.2) is 0 Å². The van der Waals surface area contributed by atoms with Crippen LogP contribution in [0.2, 0.25) is 0 Å². The van der Waals surface area contributed by atoms with Gasteiger partial charge in [0, 0.05) is 37.8 Å². The molecule has 3 heterocycles. The molecular formula is C20H26N4. The van der Waals surface area contributed by atoms with Crippen LogP contribution in [0, 0.1) is 5.41 Å². The zero-order chi connectivity index (χ0) is 16.2. The number of aromatic nitrogens is 2. The highest BCUT2D eigenvalue weighted by molar-refractivity contribution is 5.37. The summed E-state index contributed by atoms with van der Waals surface area (Å²) >= 11 is 0. The fraction of sp³-hybridized carbons (Fsp3) is 0.500. The lowest BCUT2D eigenvalue weighted by Crippen LogP contribution is -2.52. The molecule has 4 nitrogen and oxygen atoms in total. The highest BCUT2D eigenvalue weighted by atomic mass is 15.2. The van der Waals surface area contributed by atoms with Gasteiger partial charge in [-0.25, -0.2) is 9.97 Å². The van der Waals surface area contributed by atoms with E-state index in [1.165, 1.54) is 44.3 Å². The maximum Gasteiger partial charge on any atom is 0.131 e. The molecule has 4 heteroatoms. The van der Waals surface area contributed by atoms with Gasteiger partial charge in [-0.3, -0.25) is 4.90 Å². The van der Waals surface area contributed by atoms with E-state index in [4.69, 9.17) is 0 Å². The summed E-state index contributed by atoms with van der Waals surface area (Å²) in [6, 6.07) is 12.9. The van der Waals surface area contributed by atoms with Crippen molar-refractivity contribution in [2.24, 2.45) is 5.41 Å². The summed E-state index contributed by atoms with van der Waals surface area (Å²) in [6.45, 7) is 5.77. The van der Waals surface area contributed by atoms with Crippen molar-refractivity contribution in [2.45, 2.75) is 32.2 Å². The molecule has 126 valence electrons. The maximum absolute atomic E-state index is 4.47. The van der Waals surface area contributed by atoms with Crippen LogP contribution in [-0.2, 0) is 6.54 Å². The summed E-state index contributed by atoms with van der Waals surface area (Å²) in [6.07, 6.45) is 8.79. The topological polar surface area (TPSA) is 32.3 Å². The number of rotatable bonds is 3.